The molecule has 0 bridgehead atoms. The van der Waals surface area contributed by atoms with Crippen LogP contribution in [0.1, 0.15) is 30.0 Å². The molecule has 0 aliphatic rings. The minimum absolute atomic E-state index is 0.146. The predicted molar refractivity (Wildman–Crippen MR) is 79.9 cm³/mol. The molecule has 3 nitrogen and oxygen atoms in total. The Labute approximate surface area is 123 Å². The van der Waals surface area contributed by atoms with Crippen molar-refractivity contribution in [1.29, 1.82) is 0 Å². The lowest BCUT2D eigenvalue weighted by Crippen LogP contribution is -2.08. The molecule has 0 amide bonds. The Kier molecular flexibility index (Phi) is 4.12. The van der Waals surface area contributed by atoms with Crippen LogP contribution in [0.25, 0.3) is 0 Å². The summed E-state index contributed by atoms with van der Waals surface area (Å²) < 4.78 is 7.42. The van der Waals surface area contributed by atoms with Crippen LogP contribution in [0.15, 0.2) is 31.7 Å². The summed E-state index contributed by atoms with van der Waals surface area (Å²) in [5.41, 5.74) is 1.16. The van der Waals surface area contributed by atoms with Crippen LogP contribution in [0.5, 0.6) is 0 Å². The average molecular weight is 374 g/mol. The summed E-state index contributed by atoms with van der Waals surface area (Å²) >= 11 is 6.88. The smallest absolute Gasteiger partial charge is 0.140 e. The molecule has 18 heavy (non-hydrogen) atoms. The Morgan fingerprint density at radius 2 is 2.00 bits per heavy atom. The van der Waals surface area contributed by atoms with Crippen molar-refractivity contribution in [3.8, 4) is 0 Å². The summed E-state index contributed by atoms with van der Waals surface area (Å²) in [4.78, 5) is 4.34. The number of anilines is 1. The van der Waals surface area contributed by atoms with Crippen molar-refractivity contribution >= 4 is 37.7 Å². The first-order valence-corrected chi connectivity index (χ1v) is 7.20. The maximum Gasteiger partial charge on any atom is 0.140 e. The molecular weight excluding hydrogens is 360 g/mol. The summed E-state index contributed by atoms with van der Waals surface area (Å²) in [7, 11) is 0. The van der Waals surface area contributed by atoms with Crippen molar-refractivity contribution in [2.24, 2.45) is 0 Å². The highest BCUT2D eigenvalue weighted by Crippen LogP contribution is 2.29. The number of furan rings is 1. The van der Waals surface area contributed by atoms with Crippen LogP contribution < -0.4 is 5.32 Å². The summed E-state index contributed by atoms with van der Waals surface area (Å²) in [5, 5.41) is 3.37. The van der Waals surface area contributed by atoms with Gasteiger partial charge in [-0.3, -0.25) is 0 Å². The summed E-state index contributed by atoms with van der Waals surface area (Å²) in [6.45, 7) is 6.02. The maximum atomic E-state index is 5.54. The number of halogens is 2. The number of nitrogens with one attached hydrogen (secondary N) is 1. The third-order valence-electron chi connectivity index (χ3n) is 2.71. The summed E-state index contributed by atoms with van der Waals surface area (Å²) in [5.74, 6) is 2.70. The van der Waals surface area contributed by atoms with Gasteiger partial charge in [-0.1, -0.05) is 0 Å². The second-order valence-corrected chi connectivity index (χ2v) is 5.99. The molecule has 1 atom stereocenters. The van der Waals surface area contributed by atoms with Gasteiger partial charge in [0.05, 0.1) is 10.5 Å². The molecule has 1 N–H and O–H groups in total. The van der Waals surface area contributed by atoms with Gasteiger partial charge in [-0.05, 0) is 64.8 Å². The number of aromatic nitrogens is 1. The van der Waals surface area contributed by atoms with E-state index in [9.17, 15) is 0 Å². The largest absolute Gasteiger partial charge is 0.466 e. The van der Waals surface area contributed by atoms with Crippen molar-refractivity contribution in [2.45, 2.75) is 26.8 Å². The van der Waals surface area contributed by atoms with Crippen molar-refractivity contribution in [2.75, 3.05) is 5.32 Å². The van der Waals surface area contributed by atoms with Gasteiger partial charge in [-0.15, -0.1) is 0 Å². The molecule has 0 fully saturated rings. The van der Waals surface area contributed by atoms with Gasteiger partial charge in [-0.2, -0.15) is 0 Å². The van der Waals surface area contributed by atoms with Crippen LogP contribution in [0.2, 0.25) is 0 Å². The van der Waals surface area contributed by atoms with E-state index in [4.69, 9.17) is 4.42 Å². The highest BCUT2D eigenvalue weighted by Gasteiger charge is 2.14. The molecule has 2 aromatic rings. The lowest BCUT2D eigenvalue weighted by atomic mass is 10.1. The van der Waals surface area contributed by atoms with E-state index < -0.39 is 0 Å². The molecule has 0 saturated heterocycles. The third kappa shape index (κ3) is 2.95. The normalized spacial score (nSPS) is 12.5. The fourth-order valence-electron chi connectivity index (χ4n) is 1.88. The standard InChI is InChI=1S/C13H14Br2N2O/c1-7-4-11(9(3)18-7)8(2)17-13-12(15)5-10(14)6-16-13/h4-6,8H,1-3H3,(H,16,17). The van der Waals surface area contributed by atoms with E-state index in [2.05, 4.69) is 55.2 Å². The highest BCUT2D eigenvalue weighted by molar-refractivity contribution is 9.11. The predicted octanol–water partition coefficient (Wildman–Crippen LogP) is 4.99. The molecule has 5 heteroatoms. The topological polar surface area (TPSA) is 38.1 Å². The molecule has 2 heterocycles. The molecule has 0 aliphatic carbocycles. The SMILES string of the molecule is Cc1cc(C(C)Nc2ncc(Br)cc2Br)c(C)o1. The third-order valence-corrected chi connectivity index (χ3v) is 3.75. The molecule has 2 rings (SSSR count). The lowest BCUT2D eigenvalue weighted by Gasteiger charge is -2.15. The second kappa shape index (κ2) is 5.45. The van der Waals surface area contributed by atoms with Gasteiger partial charge in [0, 0.05) is 16.2 Å². The maximum absolute atomic E-state index is 5.54. The van der Waals surface area contributed by atoms with E-state index in [1.165, 1.54) is 0 Å². The van der Waals surface area contributed by atoms with Crippen LogP contribution in [0.3, 0.4) is 0 Å². The van der Waals surface area contributed by atoms with E-state index in [1.54, 1.807) is 6.20 Å². The molecule has 2 aromatic heterocycles. The van der Waals surface area contributed by atoms with Crippen molar-refractivity contribution in [3.05, 3.63) is 44.4 Å². The number of hydrogen-bond acceptors (Lipinski definition) is 3. The number of hydrogen-bond donors (Lipinski definition) is 1. The number of nitrogens with zero attached hydrogens (tertiary/aromatic N) is 1. The fourth-order valence-corrected chi connectivity index (χ4v) is 2.99. The molecule has 1 unspecified atom stereocenters. The molecule has 0 aromatic carbocycles. The van der Waals surface area contributed by atoms with Crippen molar-refractivity contribution in [1.82, 2.24) is 4.98 Å². The zero-order valence-corrected chi connectivity index (χ0v) is 13.6. The van der Waals surface area contributed by atoms with E-state index >= 15 is 0 Å². The van der Waals surface area contributed by atoms with Gasteiger partial charge >= 0.3 is 0 Å². The molecule has 0 radical (unpaired) electrons. The van der Waals surface area contributed by atoms with Crippen LogP contribution >= 0.6 is 31.9 Å². The minimum atomic E-state index is 0.146. The summed E-state index contributed by atoms with van der Waals surface area (Å²) in [6.07, 6.45) is 1.77. The van der Waals surface area contributed by atoms with Gasteiger partial charge in [-0.25, -0.2) is 4.98 Å². The molecule has 0 spiro atoms. The average Bonchev–Trinajstić information content (AvgIpc) is 2.62. The van der Waals surface area contributed by atoms with Crippen LogP contribution in [-0.2, 0) is 0 Å². The quantitative estimate of drug-likeness (QED) is 0.823. The van der Waals surface area contributed by atoms with E-state index in [0.717, 1.165) is 31.8 Å². The Bertz CT molecular complexity index is 566. The Morgan fingerprint density at radius 3 is 2.56 bits per heavy atom. The van der Waals surface area contributed by atoms with E-state index in [0.29, 0.717) is 0 Å². The molecular formula is C13H14Br2N2O. The zero-order valence-electron chi connectivity index (χ0n) is 10.4. The van der Waals surface area contributed by atoms with Gasteiger partial charge in [0.25, 0.3) is 0 Å². The number of rotatable bonds is 3. The Morgan fingerprint density at radius 1 is 1.28 bits per heavy atom. The van der Waals surface area contributed by atoms with E-state index in [1.807, 2.05) is 19.9 Å². The van der Waals surface area contributed by atoms with Gasteiger partial charge < -0.3 is 9.73 Å². The first kappa shape index (κ1) is 13.6. The van der Waals surface area contributed by atoms with Crippen molar-refractivity contribution < 1.29 is 4.42 Å². The zero-order chi connectivity index (χ0) is 13.3. The molecule has 0 aliphatic heterocycles. The van der Waals surface area contributed by atoms with E-state index in [-0.39, 0.29) is 6.04 Å². The summed E-state index contributed by atoms with van der Waals surface area (Å²) in [6, 6.07) is 4.17. The number of pyridine rings is 1. The van der Waals surface area contributed by atoms with Gasteiger partial charge in [0.1, 0.15) is 17.3 Å². The van der Waals surface area contributed by atoms with Crippen molar-refractivity contribution in [3.63, 3.8) is 0 Å². The lowest BCUT2D eigenvalue weighted by molar-refractivity contribution is 0.499. The minimum Gasteiger partial charge on any atom is -0.466 e. The van der Waals surface area contributed by atoms with Crippen LogP contribution in [0.4, 0.5) is 5.82 Å². The number of aryl methyl sites for hydroxylation is 2. The van der Waals surface area contributed by atoms with Gasteiger partial charge in [0.2, 0.25) is 0 Å². The Hall–Kier alpha value is -0.810. The fraction of sp³-hybridized carbons (Fsp3) is 0.308. The Balaban J connectivity index is 2.21. The first-order valence-electron chi connectivity index (χ1n) is 5.62. The first-order chi connectivity index (χ1) is 8.47. The second-order valence-electron chi connectivity index (χ2n) is 4.22. The highest BCUT2D eigenvalue weighted by atomic mass is 79.9. The molecule has 96 valence electrons. The molecule has 0 saturated carbocycles. The monoisotopic (exact) mass is 372 g/mol. The van der Waals surface area contributed by atoms with Crippen LogP contribution in [0, 0.1) is 13.8 Å². The van der Waals surface area contributed by atoms with Gasteiger partial charge in [0.15, 0.2) is 0 Å². The van der Waals surface area contributed by atoms with Crippen LogP contribution in [-0.4, -0.2) is 4.98 Å².